The molecular weight excluding hydrogens is 365 g/mol. The van der Waals surface area contributed by atoms with E-state index >= 15 is 0 Å². The maximum atomic E-state index is 6.03. The second-order valence-corrected chi connectivity index (χ2v) is 5.26. The Morgan fingerprint density at radius 2 is 2.15 bits per heavy atom. The van der Waals surface area contributed by atoms with Crippen LogP contribution in [0.5, 0.6) is 5.75 Å². The van der Waals surface area contributed by atoms with E-state index in [2.05, 4.69) is 40.5 Å². The van der Waals surface area contributed by atoms with Gasteiger partial charge in [0.15, 0.2) is 5.96 Å². The van der Waals surface area contributed by atoms with E-state index in [-0.39, 0.29) is 24.0 Å². The molecule has 0 unspecified atom stereocenters. The van der Waals surface area contributed by atoms with Crippen LogP contribution in [0.15, 0.2) is 29.3 Å². The van der Waals surface area contributed by atoms with E-state index in [1.165, 1.54) is 24.8 Å². The lowest BCUT2D eigenvalue weighted by Crippen LogP contribution is -2.35. The number of benzene rings is 1. The van der Waals surface area contributed by atoms with Crippen LogP contribution >= 0.6 is 24.0 Å². The topological polar surface area (TPSA) is 36.9 Å². The van der Waals surface area contributed by atoms with Crippen LogP contribution in [0.2, 0.25) is 0 Å². The molecule has 1 aromatic carbocycles. The third-order valence-electron chi connectivity index (χ3n) is 3.81. The van der Waals surface area contributed by atoms with Crippen LogP contribution in [0.25, 0.3) is 0 Å². The molecule has 0 saturated heterocycles. The van der Waals surface area contributed by atoms with Gasteiger partial charge < -0.3 is 15.0 Å². The van der Waals surface area contributed by atoms with Crippen LogP contribution in [0.3, 0.4) is 0 Å². The summed E-state index contributed by atoms with van der Waals surface area (Å²) >= 11 is 0. The summed E-state index contributed by atoms with van der Waals surface area (Å²) in [5.74, 6) is 2.00. The average molecular weight is 387 g/mol. The number of likely N-dealkylation sites (N-methyl/N-ethyl adjacent to an activating group) is 1. The van der Waals surface area contributed by atoms with E-state index in [1.54, 1.807) is 0 Å². The van der Waals surface area contributed by atoms with Crippen molar-refractivity contribution in [2.45, 2.75) is 31.9 Å². The molecule has 0 radical (unpaired) electrons. The molecule has 1 aromatic rings. The Kier molecular flexibility index (Phi) is 5.51. The second-order valence-electron chi connectivity index (χ2n) is 5.26. The SMILES string of the molecule is CN1CCN=C1NCc1ccccc1OC1CCC1.I. The molecule has 1 heterocycles. The van der Waals surface area contributed by atoms with E-state index in [0.29, 0.717) is 6.10 Å². The lowest BCUT2D eigenvalue weighted by molar-refractivity contribution is 0.119. The van der Waals surface area contributed by atoms with Crippen molar-refractivity contribution < 1.29 is 4.74 Å². The Balaban J connectivity index is 0.00000147. The molecular formula is C15H22IN3O. The number of aliphatic imine (C=N–C) groups is 1. The Bertz CT molecular complexity index is 474. The maximum Gasteiger partial charge on any atom is 0.194 e. The molecule has 1 N–H and O–H groups in total. The summed E-state index contributed by atoms with van der Waals surface area (Å²) in [4.78, 5) is 6.59. The van der Waals surface area contributed by atoms with Gasteiger partial charge >= 0.3 is 0 Å². The molecule has 1 saturated carbocycles. The second kappa shape index (κ2) is 7.15. The van der Waals surface area contributed by atoms with E-state index in [1.807, 2.05) is 6.07 Å². The van der Waals surface area contributed by atoms with Crippen molar-refractivity contribution in [2.24, 2.45) is 4.99 Å². The van der Waals surface area contributed by atoms with Gasteiger partial charge in [0.2, 0.25) is 0 Å². The van der Waals surface area contributed by atoms with Gasteiger partial charge in [-0.1, -0.05) is 18.2 Å². The minimum atomic E-state index is 0. The highest BCUT2D eigenvalue weighted by molar-refractivity contribution is 14.0. The van der Waals surface area contributed by atoms with Crippen LogP contribution in [-0.2, 0) is 6.54 Å². The molecule has 20 heavy (non-hydrogen) atoms. The van der Waals surface area contributed by atoms with Gasteiger partial charge in [0.25, 0.3) is 0 Å². The zero-order chi connectivity index (χ0) is 13.1. The van der Waals surface area contributed by atoms with Crippen LogP contribution in [0, 0.1) is 0 Å². The van der Waals surface area contributed by atoms with Gasteiger partial charge in [0.1, 0.15) is 5.75 Å². The monoisotopic (exact) mass is 387 g/mol. The summed E-state index contributed by atoms with van der Waals surface area (Å²) in [6.45, 7) is 2.66. The highest BCUT2D eigenvalue weighted by Gasteiger charge is 2.20. The van der Waals surface area contributed by atoms with Gasteiger partial charge in [-0.05, 0) is 25.3 Å². The van der Waals surface area contributed by atoms with Gasteiger partial charge in [-0.15, -0.1) is 24.0 Å². The predicted molar refractivity (Wildman–Crippen MR) is 91.9 cm³/mol. The van der Waals surface area contributed by atoms with Crippen LogP contribution in [0.1, 0.15) is 24.8 Å². The molecule has 0 amide bonds. The number of halogens is 1. The van der Waals surface area contributed by atoms with Gasteiger partial charge in [-0.3, -0.25) is 4.99 Å². The number of para-hydroxylation sites is 1. The summed E-state index contributed by atoms with van der Waals surface area (Å²) in [7, 11) is 2.07. The first-order valence-corrected chi connectivity index (χ1v) is 7.07. The van der Waals surface area contributed by atoms with E-state index in [0.717, 1.165) is 31.3 Å². The van der Waals surface area contributed by atoms with Crippen molar-refractivity contribution in [3.8, 4) is 5.75 Å². The molecule has 5 heteroatoms. The number of ether oxygens (including phenoxy) is 1. The summed E-state index contributed by atoms with van der Waals surface area (Å²) in [5.41, 5.74) is 1.21. The first-order valence-electron chi connectivity index (χ1n) is 7.07. The largest absolute Gasteiger partial charge is 0.490 e. The van der Waals surface area contributed by atoms with Gasteiger partial charge in [-0.25, -0.2) is 0 Å². The first-order chi connectivity index (χ1) is 9.33. The molecule has 4 nitrogen and oxygen atoms in total. The van der Waals surface area contributed by atoms with Crippen molar-refractivity contribution in [2.75, 3.05) is 20.1 Å². The average Bonchev–Trinajstić information content (AvgIpc) is 2.78. The Labute approximate surface area is 137 Å². The fraction of sp³-hybridized carbons (Fsp3) is 0.533. The molecule has 2 aliphatic rings. The minimum absolute atomic E-state index is 0. The minimum Gasteiger partial charge on any atom is -0.490 e. The number of nitrogens with one attached hydrogen (secondary N) is 1. The van der Waals surface area contributed by atoms with Crippen molar-refractivity contribution in [3.05, 3.63) is 29.8 Å². The van der Waals surface area contributed by atoms with Crippen molar-refractivity contribution >= 4 is 29.9 Å². The highest BCUT2D eigenvalue weighted by Crippen LogP contribution is 2.27. The zero-order valence-corrected chi connectivity index (χ0v) is 14.2. The summed E-state index contributed by atoms with van der Waals surface area (Å²) in [6, 6.07) is 8.29. The number of hydrogen-bond donors (Lipinski definition) is 1. The number of guanidine groups is 1. The number of nitrogens with zero attached hydrogens (tertiary/aromatic N) is 2. The fourth-order valence-electron chi connectivity index (χ4n) is 2.33. The third-order valence-corrected chi connectivity index (χ3v) is 3.81. The predicted octanol–water partition coefficient (Wildman–Crippen LogP) is 2.63. The fourth-order valence-corrected chi connectivity index (χ4v) is 2.33. The molecule has 1 fully saturated rings. The maximum absolute atomic E-state index is 6.03. The summed E-state index contributed by atoms with van der Waals surface area (Å²) in [5, 5.41) is 3.39. The van der Waals surface area contributed by atoms with E-state index in [9.17, 15) is 0 Å². The van der Waals surface area contributed by atoms with Crippen LogP contribution < -0.4 is 10.1 Å². The van der Waals surface area contributed by atoms with Crippen molar-refractivity contribution in [3.63, 3.8) is 0 Å². The van der Waals surface area contributed by atoms with Crippen molar-refractivity contribution in [1.82, 2.24) is 10.2 Å². The lowest BCUT2D eigenvalue weighted by Gasteiger charge is -2.27. The molecule has 0 spiro atoms. The lowest BCUT2D eigenvalue weighted by atomic mass is 9.96. The molecule has 0 aromatic heterocycles. The Morgan fingerprint density at radius 3 is 2.80 bits per heavy atom. The summed E-state index contributed by atoms with van der Waals surface area (Å²) in [6.07, 6.45) is 4.11. The Hall–Kier alpha value is -0.980. The van der Waals surface area contributed by atoms with Crippen LogP contribution in [0.4, 0.5) is 0 Å². The number of rotatable bonds is 4. The van der Waals surface area contributed by atoms with E-state index < -0.39 is 0 Å². The molecule has 0 atom stereocenters. The Morgan fingerprint density at radius 1 is 1.35 bits per heavy atom. The zero-order valence-electron chi connectivity index (χ0n) is 11.8. The quantitative estimate of drug-likeness (QED) is 0.808. The molecule has 1 aliphatic heterocycles. The normalized spacial score (nSPS) is 18.1. The summed E-state index contributed by atoms with van der Waals surface area (Å²) < 4.78 is 6.03. The molecule has 110 valence electrons. The third kappa shape index (κ3) is 3.56. The van der Waals surface area contributed by atoms with Crippen LogP contribution in [-0.4, -0.2) is 37.1 Å². The number of hydrogen-bond acceptors (Lipinski definition) is 4. The molecule has 1 aliphatic carbocycles. The van der Waals surface area contributed by atoms with Gasteiger partial charge in [0, 0.05) is 25.7 Å². The van der Waals surface area contributed by atoms with Gasteiger partial charge in [0.05, 0.1) is 12.6 Å². The highest BCUT2D eigenvalue weighted by atomic mass is 127. The van der Waals surface area contributed by atoms with E-state index in [4.69, 9.17) is 4.74 Å². The van der Waals surface area contributed by atoms with Crippen molar-refractivity contribution in [1.29, 1.82) is 0 Å². The molecule has 0 bridgehead atoms. The standard InChI is InChI=1S/C15H21N3O.HI/c1-18-10-9-16-15(18)17-11-12-5-2-3-8-14(12)19-13-6-4-7-13;/h2-3,5,8,13H,4,6-7,9-11H2,1H3,(H,16,17);1H. The smallest absolute Gasteiger partial charge is 0.194 e. The molecule has 3 rings (SSSR count). The first kappa shape index (κ1) is 15.4. The van der Waals surface area contributed by atoms with Gasteiger partial charge in [-0.2, -0.15) is 0 Å².